The molecule has 1 heterocycles. The van der Waals surface area contributed by atoms with Crippen molar-refractivity contribution in [3.05, 3.63) is 23.5 Å². The first-order valence-corrected chi connectivity index (χ1v) is 5.42. The summed E-state index contributed by atoms with van der Waals surface area (Å²) >= 11 is 0. The molecule has 1 aromatic rings. The maximum atomic E-state index is 3.51. The molecule has 1 atom stereocenters. The number of hydrogen-bond donors (Lipinski definition) is 1. The molecule has 1 aromatic heterocycles. The van der Waals surface area contributed by atoms with Gasteiger partial charge in [0.1, 0.15) is 0 Å². The summed E-state index contributed by atoms with van der Waals surface area (Å²) in [6, 6.07) is 4.81. The van der Waals surface area contributed by atoms with Gasteiger partial charge in [0.05, 0.1) is 0 Å². The van der Waals surface area contributed by atoms with Crippen LogP contribution in [-0.2, 0) is 0 Å². The number of hydrogen-bond acceptors (Lipinski definition) is 1. The normalized spacial score (nSPS) is 13.3. The highest BCUT2D eigenvalue weighted by Crippen LogP contribution is 2.09. The Morgan fingerprint density at radius 3 is 2.07 bits per heavy atom. The molecule has 0 radical (unpaired) electrons. The molecule has 0 spiro atoms. The molecule has 0 aliphatic carbocycles. The zero-order valence-corrected chi connectivity index (χ0v) is 9.96. The molecule has 0 saturated carbocycles. The summed E-state index contributed by atoms with van der Waals surface area (Å²) in [5.41, 5.74) is 6.06. The molecular weight excluding hydrogens is 172 g/mol. The summed E-state index contributed by atoms with van der Waals surface area (Å²) in [7, 11) is 0. The van der Waals surface area contributed by atoms with Gasteiger partial charge in [-0.1, -0.05) is 13.8 Å². The van der Waals surface area contributed by atoms with Crippen LogP contribution in [0.2, 0.25) is 0 Å². The van der Waals surface area contributed by atoms with Gasteiger partial charge in [0.2, 0.25) is 0 Å². The topological polar surface area (TPSA) is 17.0 Å². The van der Waals surface area contributed by atoms with Crippen molar-refractivity contribution in [3.8, 4) is 0 Å². The highest BCUT2D eigenvalue weighted by molar-refractivity contribution is 5.15. The molecule has 0 saturated heterocycles. The Kier molecular flexibility index (Phi) is 3.62. The quantitative estimate of drug-likeness (QED) is 0.779. The second-order valence-electron chi connectivity index (χ2n) is 4.61. The third-order valence-electron chi connectivity index (χ3n) is 2.45. The Labute approximate surface area is 87.3 Å². The smallest absolute Gasteiger partial charge is 0.0398 e. The fourth-order valence-electron chi connectivity index (χ4n) is 1.85. The molecule has 14 heavy (non-hydrogen) atoms. The van der Waals surface area contributed by atoms with Crippen LogP contribution in [0, 0.1) is 19.8 Å². The molecule has 1 unspecified atom stereocenters. The minimum atomic E-state index is 0.528. The molecule has 0 aliphatic heterocycles. The predicted molar refractivity (Wildman–Crippen MR) is 62.2 cm³/mol. The summed E-state index contributed by atoms with van der Waals surface area (Å²) in [5, 5.41) is 0. The fraction of sp³-hybridized carbons (Fsp3) is 0.667. The van der Waals surface area contributed by atoms with E-state index in [1.807, 2.05) is 0 Å². The Hall–Kier alpha value is -0.920. The highest BCUT2D eigenvalue weighted by atomic mass is 15.4. The van der Waals surface area contributed by atoms with Gasteiger partial charge in [0.15, 0.2) is 0 Å². The van der Waals surface area contributed by atoms with Crippen LogP contribution in [0.4, 0.5) is 0 Å². The Morgan fingerprint density at radius 1 is 1.14 bits per heavy atom. The van der Waals surface area contributed by atoms with E-state index in [9.17, 15) is 0 Å². The highest BCUT2D eigenvalue weighted by Gasteiger charge is 2.06. The summed E-state index contributed by atoms with van der Waals surface area (Å²) in [6.07, 6.45) is 1.21. The molecule has 0 aromatic carbocycles. The van der Waals surface area contributed by atoms with Crippen molar-refractivity contribution in [2.24, 2.45) is 5.92 Å². The molecule has 0 aliphatic rings. The summed E-state index contributed by atoms with van der Waals surface area (Å²) in [4.78, 5) is 0. The van der Waals surface area contributed by atoms with Gasteiger partial charge in [0, 0.05) is 17.4 Å². The average molecular weight is 194 g/mol. The van der Waals surface area contributed by atoms with Crippen molar-refractivity contribution in [2.75, 3.05) is 5.43 Å². The van der Waals surface area contributed by atoms with Gasteiger partial charge in [-0.3, -0.25) is 4.68 Å². The molecule has 80 valence electrons. The fourth-order valence-corrected chi connectivity index (χ4v) is 1.85. The maximum Gasteiger partial charge on any atom is 0.0398 e. The lowest BCUT2D eigenvalue weighted by atomic mass is 10.1. The first-order valence-electron chi connectivity index (χ1n) is 5.42. The van der Waals surface area contributed by atoms with Gasteiger partial charge in [-0.15, -0.1) is 0 Å². The van der Waals surface area contributed by atoms with Gasteiger partial charge >= 0.3 is 0 Å². The lowest BCUT2D eigenvalue weighted by Crippen LogP contribution is -2.27. The van der Waals surface area contributed by atoms with Crippen LogP contribution in [0.25, 0.3) is 0 Å². The number of nitrogens with zero attached hydrogens (tertiary/aromatic N) is 1. The first kappa shape index (κ1) is 11.2. The van der Waals surface area contributed by atoms with E-state index in [0.717, 1.165) is 5.92 Å². The van der Waals surface area contributed by atoms with Crippen LogP contribution < -0.4 is 5.43 Å². The SMILES string of the molecule is Cc1ccc(C)n1NC(C)CC(C)C. The summed E-state index contributed by atoms with van der Waals surface area (Å²) in [6.45, 7) is 11.0. The van der Waals surface area contributed by atoms with Crippen LogP contribution in [0.5, 0.6) is 0 Å². The van der Waals surface area contributed by atoms with E-state index >= 15 is 0 Å². The molecule has 0 amide bonds. The minimum absolute atomic E-state index is 0.528. The van der Waals surface area contributed by atoms with Crippen molar-refractivity contribution in [1.29, 1.82) is 0 Å². The second kappa shape index (κ2) is 4.54. The second-order valence-corrected chi connectivity index (χ2v) is 4.61. The van der Waals surface area contributed by atoms with Gasteiger partial charge in [-0.05, 0) is 45.2 Å². The zero-order chi connectivity index (χ0) is 10.7. The third kappa shape index (κ3) is 2.79. The molecule has 2 nitrogen and oxygen atoms in total. The van der Waals surface area contributed by atoms with Crippen LogP contribution in [0.15, 0.2) is 12.1 Å². The Balaban J connectivity index is 2.59. The molecule has 1 N–H and O–H groups in total. The van der Waals surface area contributed by atoms with Crippen molar-refractivity contribution in [3.63, 3.8) is 0 Å². The molecular formula is C12H22N2. The monoisotopic (exact) mass is 194 g/mol. The molecule has 2 heteroatoms. The number of nitrogens with one attached hydrogen (secondary N) is 1. The lowest BCUT2D eigenvalue weighted by molar-refractivity contribution is 0.509. The zero-order valence-electron chi connectivity index (χ0n) is 9.96. The number of aryl methyl sites for hydroxylation is 2. The Morgan fingerprint density at radius 2 is 1.64 bits per heavy atom. The van der Waals surface area contributed by atoms with Crippen LogP contribution in [-0.4, -0.2) is 10.7 Å². The average Bonchev–Trinajstić information content (AvgIpc) is 2.34. The van der Waals surface area contributed by atoms with Crippen LogP contribution in [0.1, 0.15) is 38.6 Å². The largest absolute Gasteiger partial charge is 0.323 e. The van der Waals surface area contributed by atoms with Gasteiger partial charge in [-0.25, -0.2) is 0 Å². The molecule has 1 rings (SSSR count). The van der Waals surface area contributed by atoms with Crippen molar-refractivity contribution < 1.29 is 0 Å². The van der Waals surface area contributed by atoms with E-state index in [0.29, 0.717) is 6.04 Å². The number of rotatable bonds is 4. The van der Waals surface area contributed by atoms with E-state index in [1.165, 1.54) is 17.8 Å². The first-order chi connectivity index (χ1) is 6.50. The Bertz CT molecular complexity index is 267. The number of aromatic nitrogens is 1. The lowest BCUT2D eigenvalue weighted by Gasteiger charge is -2.20. The van der Waals surface area contributed by atoms with Crippen LogP contribution >= 0.6 is 0 Å². The summed E-state index contributed by atoms with van der Waals surface area (Å²) < 4.78 is 2.17. The van der Waals surface area contributed by atoms with Gasteiger partial charge in [0.25, 0.3) is 0 Å². The predicted octanol–water partition coefficient (Wildman–Crippen LogP) is 3.08. The molecule has 0 bridgehead atoms. The third-order valence-corrected chi connectivity index (χ3v) is 2.45. The standard InChI is InChI=1S/C12H22N2/c1-9(2)8-10(3)13-14-11(4)6-7-12(14)5/h6-7,9-10,13H,8H2,1-5H3. The van der Waals surface area contributed by atoms with E-state index in [-0.39, 0.29) is 0 Å². The van der Waals surface area contributed by atoms with Crippen molar-refractivity contribution >= 4 is 0 Å². The van der Waals surface area contributed by atoms with Crippen molar-refractivity contribution in [1.82, 2.24) is 4.68 Å². The van der Waals surface area contributed by atoms with Crippen molar-refractivity contribution in [2.45, 2.75) is 47.1 Å². The maximum absolute atomic E-state index is 3.51. The van der Waals surface area contributed by atoms with E-state index < -0.39 is 0 Å². The van der Waals surface area contributed by atoms with Gasteiger partial charge in [-0.2, -0.15) is 0 Å². The van der Waals surface area contributed by atoms with E-state index in [1.54, 1.807) is 0 Å². The summed E-state index contributed by atoms with van der Waals surface area (Å²) in [5.74, 6) is 0.744. The van der Waals surface area contributed by atoms with Gasteiger partial charge < -0.3 is 5.43 Å². The van der Waals surface area contributed by atoms with E-state index in [4.69, 9.17) is 0 Å². The minimum Gasteiger partial charge on any atom is -0.323 e. The molecule has 0 fully saturated rings. The van der Waals surface area contributed by atoms with E-state index in [2.05, 4.69) is 56.9 Å². The van der Waals surface area contributed by atoms with Crippen LogP contribution in [0.3, 0.4) is 0 Å².